The number of amidine groups is 1. The van der Waals surface area contributed by atoms with Crippen LogP contribution in [-0.2, 0) is 4.79 Å². The number of carbonyl (C=O) groups is 1. The maximum atomic E-state index is 13.1. The van der Waals surface area contributed by atoms with Crippen LogP contribution in [0.15, 0.2) is 52.4 Å². The molecule has 0 bridgehead atoms. The van der Waals surface area contributed by atoms with Crippen molar-refractivity contribution in [1.29, 1.82) is 0 Å². The molecule has 2 aromatic carbocycles. The van der Waals surface area contributed by atoms with Crippen LogP contribution in [0.3, 0.4) is 0 Å². The topological polar surface area (TPSA) is 89.5 Å². The number of benzene rings is 2. The second kappa shape index (κ2) is 9.95. The lowest BCUT2D eigenvalue weighted by atomic mass is 10.2. The summed E-state index contributed by atoms with van der Waals surface area (Å²) >= 11 is 7.13. The van der Waals surface area contributed by atoms with Gasteiger partial charge in [0.05, 0.1) is 49.8 Å². The smallest absolute Gasteiger partial charge is 0.288 e. The van der Waals surface area contributed by atoms with Gasteiger partial charge in [0.2, 0.25) is 0 Å². The quantitative estimate of drug-likeness (QED) is 0.389. The Balaban J connectivity index is 1.94. The third-order valence-corrected chi connectivity index (χ3v) is 5.81. The number of nitro benzene ring substituents is 1. The zero-order valence-electron chi connectivity index (χ0n) is 17.3. The van der Waals surface area contributed by atoms with Crippen molar-refractivity contribution in [3.8, 4) is 5.75 Å². The molecule has 1 aliphatic heterocycles. The van der Waals surface area contributed by atoms with E-state index in [1.54, 1.807) is 36.3 Å². The van der Waals surface area contributed by atoms with Gasteiger partial charge in [0.1, 0.15) is 10.8 Å². The maximum absolute atomic E-state index is 13.1. The second-order valence-corrected chi connectivity index (χ2v) is 8.50. The normalized spacial score (nSPS) is 16.5. The third-order valence-electron chi connectivity index (χ3n) is 4.49. The Labute approximate surface area is 189 Å². The molecule has 0 saturated carbocycles. The van der Waals surface area contributed by atoms with Crippen molar-refractivity contribution in [2.24, 2.45) is 4.99 Å². The molecule has 0 spiro atoms. The number of aliphatic imine (C=N–C) groups is 1. The molecule has 3 rings (SSSR count). The molecule has 1 saturated heterocycles. The van der Waals surface area contributed by atoms with Crippen molar-refractivity contribution in [3.05, 3.63) is 68.1 Å². The fourth-order valence-corrected chi connectivity index (χ4v) is 4.01. The molecule has 0 atom stereocenters. The SMILES string of the molecule is COc1ccc(N=C2S/C(=C\c3ccc(Cl)c([N+](=O)[O-])c3)C(=O)N2CC[NH+](C)C)cc1. The molecule has 0 radical (unpaired) electrons. The number of amides is 1. The molecule has 10 heteroatoms. The molecule has 0 aromatic heterocycles. The molecule has 0 unspecified atom stereocenters. The number of hydrogen-bond donors (Lipinski definition) is 1. The number of nitro groups is 1. The highest BCUT2D eigenvalue weighted by atomic mass is 35.5. The highest BCUT2D eigenvalue weighted by Crippen LogP contribution is 2.35. The monoisotopic (exact) mass is 461 g/mol. The number of thioether (sulfide) groups is 1. The number of halogens is 1. The van der Waals surface area contributed by atoms with Crippen LogP contribution in [0.4, 0.5) is 11.4 Å². The van der Waals surface area contributed by atoms with Crippen molar-refractivity contribution in [3.63, 3.8) is 0 Å². The maximum Gasteiger partial charge on any atom is 0.288 e. The van der Waals surface area contributed by atoms with Crippen LogP contribution in [-0.4, -0.2) is 55.2 Å². The van der Waals surface area contributed by atoms with Gasteiger partial charge < -0.3 is 9.64 Å². The molecule has 1 amide bonds. The highest BCUT2D eigenvalue weighted by Gasteiger charge is 2.33. The van der Waals surface area contributed by atoms with Gasteiger partial charge in [0, 0.05) is 6.07 Å². The minimum absolute atomic E-state index is 0.0508. The Morgan fingerprint density at radius 1 is 1.26 bits per heavy atom. The number of likely N-dealkylation sites (N-methyl/N-ethyl adjacent to an activating group) is 1. The summed E-state index contributed by atoms with van der Waals surface area (Å²) in [6.07, 6.45) is 1.63. The average molecular weight is 462 g/mol. The van der Waals surface area contributed by atoms with Crippen molar-refractivity contribution in [2.45, 2.75) is 0 Å². The minimum atomic E-state index is -0.545. The number of nitrogens with zero attached hydrogens (tertiary/aromatic N) is 3. The van der Waals surface area contributed by atoms with Crippen LogP contribution in [0.1, 0.15) is 5.56 Å². The van der Waals surface area contributed by atoms with Gasteiger partial charge in [0.25, 0.3) is 11.6 Å². The summed E-state index contributed by atoms with van der Waals surface area (Å²) in [5.41, 5.74) is 1.02. The van der Waals surface area contributed by atoms with E-state index in [9.17, 15) is 14.9 Å². The summed E-state index contributed by atoms with van der Waals surface area (Å²) in [4.78, 5) is 31.6. The van der Waals surface area contributed by atoms with Gasteiger partial charge in [-0.1, -0.05) is 17.7 Å². The molecule has 1 aliphatic rings. The fourth-order valence-electron chi connectivity index (χ4n) is 2.80. The molecule has 1 heterocycles. The predicted molar refractivity (Wildman–Crippen MR) is 123 cm³/mol. The van der Waals surface area contributed by atoms with Gasteiger partial charge in [-0.05, 0) is 53.7 Å². The number of carbonyl (C=O) groups excluding carboxylic acids is 1. The first kappa shape index (κ1) is 22.8. The molecule has 2 aromatic rings. The Bertz CT molecular complexity index is 1050. The van der Waals surface area contributed by atoms with Gasteiger partial charge in [-0.3, -0.25) is 19.8 Å². The van der Waals surface area contributed by atoms with Gasteiger partial charge in [0.15, 0.2) is 5.17 Å². The average Bonchev–Trinajstić information content (AvgIpc) is 3.02. The first-order valence-electron chi connectivity index (χ1n) is 9.45. The van der Waals surface area contributed by atoms with Crippen molar-refractivity contribution >= 4 is 51.9 Å². The molecule has 0 aliphatic carbocycles. The van der Waals surface area contributed by atoms with E-state index in [1.165, 1.54) is 28.8 Å². The highest BCUT2D eigenvalue weighted by molar-refractivity contribution is 8.18. The number of rotatable bonds is 7. The van der Waals surface area contributed by atoms with Crippen LogP contribution >= 0.6 is 23.4 Å². The first-order chi connectivity index (χ1) is 14.8. The number of hydrogen-bond acceptors (Lipinski definition) is 6. The molecular weight excluding hydrogens is 440 g/mol. The number of ether oxygens (including phenoxy) is 1. The lowest BCUT2D eigenvalue weighted by Gasteiger charge is -2.16. The second-order valence-electron chi connectivity index (χ2n) is 7.08. The lowest BCUT2D eigenvalue weighted by Crippen LogP contribution is -3.06. The van der Waals surface area contributed by atoms with E-state index in [4.69, 9.17) is 16.3 Å². The van der Waals surface area contributed by atoms with Crippen molar-refractivity contribution < 1.29 is 19.4 Å². The first-order valence-corrected chi connectivity index (χ1v) is 10.6. The Kier molecular flexibility index (Phi) is 7.32. The number of quaternary nitrogens is 1. The number of methoxy groups -OCH3 is 1. The minimum Gasteiger partial charge on any atom is -0.497 e. The van der Waals surface area contributed by atoms with E-state index in [1.807, 2.05) is 26.2 Å². The fraction of sp³-hybridized carbons (Fsp3) is 0.238. The van der Waals surface area contributed by atoms with Crippen LogP contribution in [0.25, 0.3) is 6.08 Å². The largest absolute Gasteiger partial charge is 0.497 e. The zero-order valence-corrected chi connectivity index (χ0v) is 18.9. The van der Waals surface area contributed by atoms with Crippen LogP contribution in [0.5, 0.6) is 5.75 Å². The van der Waals surface area contributed by atoms with Crippen molar-refractivity contribution in [1.82, 2.24) is 4.90 Å². The molecule has 1 N–H and O–H groups in total. The standard InChI is InChI=1S/C21H21ClN4O4S/c1-24(2)10-11-25-20(27)19(13-14-4-9-17(22)18(12-14)26(28)29)31-21(25)23-15-5-7-16(30-3)8-6-15/h4-9,12-13H,10-11H2,1-3H3/p+1/b19-13-,23-21?. The van der Waals surface area contributed by atoms with Gasteiger partial charge in [-0.2, -0.15) is 0 Å². The van der Waals surface area contributed by atoms with E-state index >= 15 is 0 Å². The lowest BCUT2D eigenvalue weighted by molar-refractivity contribution is -0.857. The Morgan fingerprint density at radius 3 is 2.58 bits per heavy atom. The molecular formula is C21H22ClN4O4S+. The summed E-state index contributed by atoms with van der Waals surface area (Å²) in [7, 11) is 5.62. The number of nitrogens with one attached hydrogen (secondary N) is 1. The van der Waals surface area contributed by atoms with Gasteiger partial charge in [-0.25, -0.2) is 4.99 Å². The van der Waals surface area contributed by atoms with Gasteiger partial charge >= 0.3 is 0 Å². The zero-order chi connectivity index (χ0) is 22.5. The summed E-state index contributed by atoms with van der Waals surface area (Å²) in [5, 5.41) is 11.8. The summed E-state index contributed by atoms with van der Waals surface area (Å²) in [6, 6.07) is 11.7. The molecule has 1 fully saturated rings. The van der Waals surface area contributed by atoms with Crippen LogP contribution in [0, 0.1) is 10.1 Å². The van der Waals surface area contributed by atoms with E-state index in [0.29, 0.717) is 27.9 Å². The predicted octanol–water partition coefficient (Wildman–Crippen LogP) is 3.01. The van der Waals surface area contributed by atoms with Gasteiger partial charge in [-0.15, -0.1) is 0 Å². The Morgan fingerprint density at radius 2 is 1.97 bits per heavy atom. The van der Waals surface area contributed by atoms with Crippen LogP contribution < -0.4 is 9.64 Å². The van der Waals surface area contributed by atoms with E-state index in [2.05, 4.69) is 4.99 Å². The Hall–Kier alpha value is -2.88. The third kappa shape index (κ3) is 5.63. The molecule has 8 nitrogen and oxygen atoms in total. The summed E-state index contributed by atoms with van der Waals surface area (Å²) in [6.45, 7) is 1.24. The van der Waals surface area contributed by atoms with E-state index < -0.39 is 4.92 Å². The van der Waals surface area contributed by atoms with Crippen LogP contribution in [0.2, 0.25) is 5.02 Å². The molecule has 31 heavy (non-hydrogen) atoms. The molecule has 162 valence electrons. The van der Waals surface area contributed by atoms with E-state index in [-0.39, 0.29) is 16.6 Å². The van der Waals surface area contributed by atoms with E-state index in [0.717, 1.165) is 12.3 Å². The van der Waals surface area contributed by atoms with Crippen molar-refractivity contribution in [2.75, 3.05) is 34.3 Å². The summed E-state index contributed by atoms with van der Waals surface area (Å²) in [5.74, 6) is 0.535. The summed E-state index contributed by atoms with van der Waals surface area (Å²) < 4.78 is 5.17.